The van der Waals surface area contributed by atoms with Crippen molar-refractivity contribution in [3.63, 3.8) is 0 Å². The molecule has 1 aliphatic carbocycles. The Hall–Kier alpha value is -3.22. The third-order valence-electron chi connectivity index (χ3n) is 5.47. The number of fused-ring (bicyclic) bond motifs is 2. The molecule has 4 rings (SSSR count). The summed E-state index contributed by atoms with van der Waals surface area (Å²) in [5.74, 6) is -1.10. The van der Waals surface area contributed by atoms with E-state index in [1.54, 1.807) is 19.2 Å². The number of nitrogens with one attached hydrogen (secondary N) is 1. The number of nitrogens with zero attached hydrogens (tertiary/aromatic N) is 2. The number of hydrogen-bond donors (Lipinski definition) is 1. The lowest BCUT2D eigenvalue weighted by atomic mass is 9.92. The lowest BCUT2D eigenvalue weighted by Crippen LogP contribution is -2.44. The summed E-state index contributed by atoms with van der Waals surface area (Å²) >= 11 is 0. The van der Waals surface area contributed by atoms with Gasteiger partial charge in [-0.3, -0.25) is 14.5 Å². The Kier molecular flexibility index (Phi) is 4.37. The van der Waals surface area contributed by atoms with Crippen molar-refractivity contribution in [3.05, 3.63) is 71.0 Å². The van der Waals surface area contributed by atoms with Gasteiger partial charge >= 0.3 is 6.03 Å². The minimum atomic E-state index is -1.07. The zero-order chi connectivity index (χ0) is 19.9. The number of likely N-dealkylation sites (N-methyl/N-ethyl adjacent to an activating group) is 1. The molecule has 1 heterocycles. The summed E-state index contributed by atoms with van der Waals surface area (Å²) in [6.07, 6.45) is 1.20. The van der Waals surface area contributed by atoms with Crippen molar-refractivity contribution in [2.45, 2.75) is 24.9 Å². The van der Waals surface area contributed by atoms with E-state index < -0.39 is 11.6 Å². The summed E-state index contributed by atoms with van der Waals surface area (Å²) in [4.78, 5) is 40.6. The molecule has 1 spiro atoms. The first-order valence-corrected chi connectivity index (χ1v) is 9.11. The molecule has 2 aromatic carbocycles. The van der Waals surface area contributed by atoms with Gasteiger partial charge in [-0.05, 0) is 41.7 Å². The van der Waals surface area contributed by atoms with E-state index in [2.05, 4.69) is 5.32 Å². The number of amides is 4. The number of urea groups is 1. The highest BCUT2D eigenvalue weighted by Crippen LogP contribution is 2.41. The predicted molar refractivity (Wildman–Crippen MR) is 99.6 cm³/mol. The van der Waals surface area contributed by atoms with Crippen LogP contribution >= 0.6 is 0 Å². The molecule has 0 saturated carbocycles. The molecule has 144 valence electrons. The van der Waals surface area contributed by atoms with Gasteiger partial charge in [-0.15, -0.1) is 0 Å². The van der Waals surface area contributed by atoms with Gasteiger partial charge in [0.15, 0.2) is 0 Å². The molecule has 0 bridgehead atoms. The lowest BCUT2D eigenvalue weighted by Gasteiger charge is -2.23. The van der Waals surface area contributed by atoms with Crippen molar-refractivity contribution in [3.8, 4) is 0 Å². The zero-order valence-electron chi connectivity index (χ0n) is 15.4. The van der Waals surface area contributed by atoms with Crippen LogP contribution in [0.2, 0.25) is 0 Å². The monoisotopic (exact) mass is 381 g/mol. The van der Waals surface area contributed by atoms with Crippen LogP contribution in [0.5, 0.6) is 0 Å². The van der Waals surface area contributed by atoms with Crippen molar-refractivity contribution in [1.29, 1.82) is 0 Å². The number of rotatable bonds is 4. The molecule has 2 aromatic rings. The Morgan fingerprint density at radius 1 is 1.18 bits per heavy atom. The van der Waals surface area contributed by atoms with Crippen LogP contribution in [0, 0.1) is 5.82 Å². The van der Waals surface area contributed by atoms with Crippen LogP contribution < -0.4 is 5.32 Å². The average molecular weight is 381 g/mol. The van der Waals surface area contributed by atoms with Gasteiger partial charge in [-0.2, -0.15) is 0 Å². The molecule has 0 radical (unpaired) electrons. The summed E-state index contributed by atoms with van der Waals surface area (Å²) in [5, 5.41) is 2.81. The van der Waals surface area contributed by atoms with Crippen LogP contribution in [-0.2, 0) is 28.1 Å². The second-order valence-corrected chi connectivity index (χ2v) is 7.26. The molecule has 7 heteroatoms. The Bertz CT molecular complexity index is 960. The highest BCUT2D eigenvalue weighted by Gasteiger charge is 2.55. The number of aryl methyl sites for hydroxylation is 1. The van der Waals surface area contributed by atoms with Gasteiger partial charge in [0, 0.05) is 13.6 Å². The maximum Gasteiger partial charge on any atom is 0.325 e. The Labute approximate surface area is 161 Å². The summed E-state index contributed by atoms with van der Waals surface area (Å²) in [6.45, 7) is -0.0665. The molecule has 1 saturated heterocycles. The first-order valence-electron chi connectivity index (χ1n) is 9.11. The molecule has 28 heavy (non-hydrogen) atoms. The second-order valence-electron chi connectivity index (χ2n) is 7.26. The van der Waals surface area contributed by atoms with Crippen molar-refractivity contribution < 1.29 is 18.8 Å². The quantitative estimate of drug-likeness (QED) is 0.826. The highest BCUT2D eigenvalue weighted by molar-refractivity contribution is 6.09. The van der Waals surface area contributed by atoms with Crippen LogP contribution in [0.25, 0.3) is 0 Å². The van der Waals surface area contributed by atoms with Crippen molar-refractivity contribution in [2.75, 3.05) is 13.6 Å². The van der Waals surface area contributed by atoms with Gasteiger partial charge in [0.05, 0.1) is 0 Å². The Balaban J connectivity index is 1.48. The van der Waals surface area contributed by atoms with E-state index in [1.807, 2.05) is 24.3 Å². The number of benzene rings is 2. The summed E-state index contributed by atoms with van der Waals surface area (Å²) in [5.41, 5.74) is 1.54. The fourth-order valence-corrected chi connectivity index (χ4v) is 3.94. The highest BCUT2D eigenvalue weighted by atomic mass is 19.1. The van der Waals surface area contributed by atoms with Crippen LogP contribution in [0.3, 0.4) is 0 Å². The largest absolute Gasteiger partial charge is 0.340 e. The normalized spacial score (nSPS) is 20.4. The van der Waals surface area contributed by atoms with Crippen LogP contribution in [-0.4, -0.2) is 41.2 Å². The molecule has 0 unspecified atom stereocenters. The van der Waals surface area contributed by atoms with E-state index in [0.29, 0.717) is 12.8 Å². The van der Waals surface area contributed by atoms with Gasteiger partial charge in [-0.25, -0.2) is 9.18 Å². The van der Waals surface area contributed by atoms with Gasteiger partial charge < -0.3 is 10.2 Å². The molecule has 1 atom stereocenters. The fraction of sp³-hybridized carbons (Fsp3) is 0.286. The molecule has 1 aliphatic heterocycles. The third kappa shape index (κ3) is 2.93. The summed E-state index contributed by atoms with van der Waals surface area (Å²) < 4.78 is 13.0. The zero-order valence-corrected chi connectivity index (χ0v) is 15.4. The summed E-state index contributed by atoms with van der Waals surface area (Å²) in [7, 11) is 1.59. The topological polar surface area (TPSA) is 69.7 Å². The van der Waals surface area contributed by atoms with Gasteiger partial charge in [-0.1, -0.05) is 36.4 Å². The third-order valence-corrected chi connectivity index (χ3v) is 5.47. The number of carbonyl (C=O) groups excluding carboxylic acids is 3. The van der Waals surface area contributed by atoms with E-state index in [1.165, 1.54) is 17.0 Å². The lowest BCUT2D eigenvalue weighted by molar-refractivity contribution is -0.138. The molecule has 1 fully saturated rings. The molecular formula is C21H20FN3O3. The van der Waals surface area contributed by atoms with Crippen molar-refractivity contribution >= 4 is 17.8 Å². The number of imide groups is 1. The van der Waals surface area contributed by atoms with E-state index in [4.69, 9.17) is 0 Å². The standard InChI is InChI=1S/C21H20FN3O3/c1-24(12-14-6-8-16(22)9-7-14)18(26)13-25-19(27)21(23-20(25)28)11-10-15-4-2-3-5-17(15)21/h2-9H,10-13H2,1H3,(H,23,28)/t21-/m1/s1. The Morgan fingerprint density at radius 2 is 1.89 bits per heavy atom. The first-order chi connectivity index (χ1) is 13.4. The molecule has 4 amide bonds. The number of carbonyl (C=O) groups is 3. The first kappa shape index (κ1) is 18.2. The van der Waals surface area contributed by atoms with E-state index in [9.17, 15) is 18.8 Å². The maximum atomic E-state index is 13.1. The van der Waals surface area contributed by atoms with Crippen LogP contribution in [0.1, 0.15) is 23.1 Å². The smallest absolute Gasteiger partial charge is 0.325 e. The molecule has 0 aromatic heterocycles. The van der Waals surface area contributed by atoms with Gasteiger partial charge in [0.2, 0.25) is 5.91 Å². The molecule has 6 nitrogen and oxygen atoms in total. The van der Waals surface area contributed by atoms with Crippen LogP contribution in [0.15, 0.2) is 48.5 Å². The van der Waals surface area contributed by atoms with E-state index in [0.717, 1.165) is 21.6 Å². The molecule has 2 aliphatic rings. The van der Waals surface area contributed by atoms with Crippen molar-refractivity contribution in [1.82, 2.24) is 15.1 Å². The maximum absolute atomic E-state index is 13.1. The molecular weight excluding hydrogens is 361 g/mol. The van der Waals surface area contributed by atoms with E-state index in [-0.39, 0.29) is 30.7 Å². The Morgan fingerprint density at radius 3 is 2.64 bits per heavy atom. The number of halogens is 1. The van der Waals surface area contributed by atoms with E-state index >= 15 is 0 Å². The minimum Gasteiger partial charge on any atom is -0.340 e. The van der Waals surface area contributed by atoms with Crippen LogP contribution in [0.4, 0.5) is 9.18 Å². The average Bonchev–Trinajstić information content (AvgIpc) is 3.17. The number of hydrogen-bond acceptors (Lipinski definition) is 3. The second kappa shape index (κ2) is 6.74. The van der Waals surface area contributed by atoms with Gasteiger partial charge in [0.25, 0.3) is 5.91 Å². The van der Waals surface area contributed by atoms with Gasteiger partial charge in [0.1, 0.15) is 17.9 Å². The predicted octanol–water partition coefficient (Wildman–Crippen LogP) is 2.18. The fourth-order valence-electron chi connectivity index (χ4n) is 3.94. The van der Waals surface area contributed by atoms with Crippen molar-refractivity contribution in [2.24, 2.45) is 0 Å². The molecule has 1 N–H and O–H groups in total. The summed E-state index contributed by atoms with van der Waals surface area (Å²) in [6, 6.07) is 12.8. The minimum absolute atomic E-state index is 0.261. The SMILES string of the molecule is CN(Cc1ccc(F)cc1)C(=O)CN1C(=O)N[C@@]2(CCc3ccccc32)C1=O.